The monoisotopic (exact) mass is 570 g/mol. The average molecular weight is 571 g/mol. The molecule has 6 rings (SSSR count). The smallest absolute Gasteiger partial charge is 0.318 e. The van der Waals surface area contributed by atoms with E-state index in [4.69, 9.17) is 26.0 Å². The van der Waals surface area contributed by atoms with E-state index in [9.17, 15) is 9.18 Å². The highest BCUT2D eigenvalue weighted by Crippen LogP contribution is 2.38. The van der Waals surface area contributed by atoms with E-state index in [0.717, 1.165) is 27.6 Å². The summed E-state index contributed by atoms with van der Waals surface area (Å²) in [6.45, 7) is 13.7. The Kier molecular flexibility index (Phi) is 8.05. The van der Waals surface area contributed by atoms with Crippen LogP contribution in [0, 0.1) is 6.57 Å². The molecule has 4 heterocycles. The normalized spacial score (nSPS) is 24.3. The van der Waals surface area contributed by atoms with Crippen LogP contribution in [-0.4, -0.2) is 90.3 Å². The number of likely N-dealkylation sites (N-methyl/N-ethyl adjacent to an activating group) is 1. The van der Waals surface area contributed by atoms with Crippen molar-refractivity contribution < 1.29 is 18.7 Å². The van der Waals surface area contributed by atoms with Crippen molar-refractivity contribution in [2.24, 2.45) is 0 Å². The number of amides is 1. The number of hydrogen-bond donors (Lipinski definition) is 0. The number of fused-ring (bicyclic) bond motifs is 2. The summed E-state index contributed by atoms with van der Waals surface area (Å²) < 4.78 is 26.6. The quantitative estimate of drug-likeness (QED) is 0.314. The second-order valence-electron chi connectivity index (χ2n) is 11.2. The van der Waals surface area contributed by atoms with Gasteiger partial charge in [-0.1, -0.05) is 49.0 Å². The maximum atomic E-state index is 14.0. The Hall–Kier alpha value is -4.07. The van der Waals surface area contributed by atoms with Gasteiger partial charge in [0.05, 0.1) is 18.4 Å². The average Bonchev–Trinajstić information content (AvgIpc) is 3.34. The van der Waals surface area contributed by atoms with Crippen LogP contribution >= 0.6 is 0 Å². The number of carbonyl (C=O) groups is 1. The molecule has 1 aromatic heterocycles. The molecule has 0 radical (unpaired) electrons. The van der Waals surface area contributed by atoms with Gasteiger partial charge in [-0.05, 0) is 35.9 Å². The second kappa shape index (κ2) is 12.0. The number of likely N-dealkylation sites (tertiary alicyclic amines) is 1. The number of halogens is 1. The Morgan fingerprint density at radius 3 is 2.81 bits per heavy atom. The van der Waals surface area contributed by atoms with Gasteiger partial charge < -0.3 is 24.1 Å². The molecule has 0 N–H and O–H groups in total. The molecule has 2 aromatic carbocycles. The van der Waals surface area contributed by atoms with Crippen LogP contribution in [0.15, 0.2) is 55.1 Å². The lowest BCUT2D eigenvalue weighted by Crippen LogP contribution is -2.56. The minimum atomic E-state index is -0.865. The van der Waals surface area contributed by atoms with E-state index >= 15 is 0 Å². The lowest BCUT2D eigenvalue weighted by molar-refractivity contribution is -0.128. The number of alkyl halides is 1. The molecule has 0 saturated carbocycles. The van der Waals surface area contributed by atoms with Crippen molar-refractivity contribution in [2.75, 3.05) is 51.3 Å². The predicted octanol–water partition coefficient (Wildman–Crippen LogP) is 3.99. The summed E-state index contributed by atoms with van der Waals surface area (Å²) in [6, 6.07) is 14.4. The molecule has 0 unspecified atom stereocenters. The van der Waals surface area contributed by atoms with Crippen molar-refractivity contribution in [1.82, 2.24) is 19.8 Å². The first kappa shape index (κ1) is 28.1. The van der Waals surface area contributed by atoms with E-state index in [1.807, 2.05) is 30.1 Å². The Labute approximate surface area is 245 Å². The topological polar surface area (TPSA) is 75.4 Å². The third-order valence-electron chi connectivity index (χ3n) is 8.61. The minimum Gasteiger partial charge on any atom is -0.462 e. The molecule has 4 atom stereocenters. The van der Waals surface area contributed by atoms with Gasteiger partial charge in [0.2, 0.25) is 12.5 Å². The lowest BCUT2D eigenvalue weighted by Gasteiger charge is -2.40. The molecule has 218 valence electrons. The molecule has 2 fully saturated rings. The Balaban J connectivity index is 1.32. The number of piperazine rings is 1. The highest BCUT2D eigenvalue weighted by atomic mass is 19.1. The van der Waals surface area contributed by atoms with Gasteiger partial charge in [-0.25, -0.2) is 11.0 Å². The van der Waals surface area contributed by atoms with Crippen LogP contribution in [0.2, 0.25) is 0 Å². The summed E-state index contributed by atoms with van der Waals surface area (Å²) in [5.41, 5.74) is 2.86. The van der Waals surface area contributed by atoms with E-state index in [0.29, 0.717) is 58.1 Å². The summed E-state index contributed by atoms with van der Waals surface area (Å²) in [4.78, 5) is 31.6. The number of nitrogens with zero attached hydrogens (tertiary/aromatic N) is 6. The summed E-state index contributed by atoms with van der Waals surface area (Å²) in [6.07, 6.45) is 1.21. The molecular formula is C32H35FN6O3. The molecule has 0 spiro atoms. The molecule has 3 aliphatic heterocycles. The fraction of sp³-hybridized carbons (Fsp3) is 0.438. The highest BCUT2D eigenvalue weighted by molar-refractivity contribution is 5.87. The molecule has 3 aromatic rings. The van der Waals surface area contributed by atoms with Crippen molar-refractivity contribution in [3.05, 3.63) is 83.4 Å². The number of anilines is 1. The number of hydrogen-bond acceptors (Lipinski definition) is 7. The second-order valence-corrected chi connectivity index (χ2v) is 11.2. The molecule has 3 aliphatic rings. The summed E-state index contributed by atoms with van der Waals surface area (Å²) in [7, 11) is 1.90. The van der Waals surface area contributed by atoms with Gasteiger partial charge in [0.15, 0.2) is 0 Å². The SMILES string of the molecule is [C-]#[N+]C[C@H]1CN(c2nc(OC[C@@H]3C[C@H](F)CN3C)nc3c2CO[C@@H](c2cccc4ccccc24)C3)CCN1C(=O)C=C. The molecule has 0 bridgehead atoms. The number of carbonyl (C=O) groups excluding carboxylic acids is 1. The highest BCUT2D eigenvalue weighted by Gasteiger charge is 2.36. The van der Waals surface area contributed by atoms with E-state index < -0.39 is 6.17 Å². The predicted molar refractivity (Wildman–Crippen MR) is 158 cm³/mol. The number of ether oxygens (including phenoxy) is 2. The third kappa shape index (κ3) is 5.54. The van der Waals surface area contributed by atoms with Gasteiger partial charge in [-0.15, -0.1) is 0 Å². The fourth-order valence-electron chi connectivity index (χ4n) is 6.38. The van der Waals surface area contributed by atoms with E-state index in [2.05, 4.69) is 40.6 Å². The first-order valence-corrected chi connectivity index (χ1v) is 14.4. The van der Waals surface area contributed by atoms with Gasteiger partial charge in [-0.2, -0.15) is 9.97 Å². The van der Waals surface area contributed by atoms with Crippen molar-refractivity contribution >= 4 is 22.5 Å². The van der Waals surface area contributed by atoms with Gasteiger partial charge in [0.1, 0.15) is 24.6 Å². The van der Waals surface area contributed by atoms with Crippen molar-refractivity contribution in [2.45, 2.75) is 43.8 Å². The van der Waals surface area contributed by atoms with Gasteiger partial charge in [0, 0.05) is 44.2 Å². The first-order chi connectivity index (χ1) is 20.4. The molecule has 1 amide bonds. The Morgan fingerprint density at radius 1 is 1.19 bits per heavy atom. The maximum absolute atomic E-state index is 14.0. The van der Waals surface area contributed by atoms with Crippen LogP contribution in [0.4, 0.5) is 10.2 Å². The molecule has 42 heavy (non-hydrogen) atoms. The number of rotatable bonds is 7. The minimum absolute atomic E-state index is 0.0497. The van der Waals surface area contributed by atoms with E-state index in [-0.39, 0.29) is 36.7 Å². The molecule has 9 nitrogen and oxygen atoms in total. The van der Waals surface area contributed by atoms with Crippen LogP contribution in [0.3, 0.4) is 0 Å². The van der Waals surface area contributed by atoms with Crippen LogP contribution < -0.4 is 9.64 Å². The first-order valence-electron chi connectivity index (χ1n) is 14.4. The van der Waals surface area contributed by atoms with Gasteiger partial charge >= 0.3 is 6.01 Å². The lowest BCUT2D eigenvalue weighted by atomic mass is 9.94. The van der Waals surface area contributed by atoms with E-state index in [1.54, 1.807) is 4.90 Å². The zero-order chi connectivity index (χ0) is 29.2. The maximum Gasteiger partial charge on any atom is 0.318 e. The van der Waals surface area contributed by atoms with Crippen molar-refractivity contribution in [3.63, 3.8) is 0 Å². The zero-order valence-electron chi connectivity index (χ0n) is 23.8. The molecule has 2 saturated heterocycles. The van der Waals surface area contributed by atoms with Crippen LogP contribution in [0.1, 0.15) is 29.3 Å². The standard InChI is InChI=1S/C32H35FN6O3/c1-4-30(40)39-13-12-38(18-24(39)16-34-2)31-27-20-41-29(26-11-7-9-21-8-5-6-10-25(21)26)15-28(27)35-32(36-31)42-19-23-14-22(33)17-37(23)3/h4-11,22-24,29H,1,12-20H2,3H3/t22-,23-,24-,29+/m0/s1. The summed E-state index contributed by atoms with van der Waals surface area (Å²) in [5.74, 6) is 0.528. The Bertz CT molecular complexity index is 1520. The van der Waals surface area contributed by atoms with Crippen LogP contribution in [0.5, 0.6) is 6.01 Å². The van der Waals surface area contributed by atoms with E-state index in [1.165, 1.54) is 6.08 Å². The third-order valence-corrected chi connectivity index (χ3v) is 8.61. The summed E-state index contributed by atoms with van der Waals surface area (Å²) in [5, 5.41) is 2.30. The molecular weight excluding hydrogens is 535 g/mol. The van der Waals surface area contributed by atoms with Crippen molar-refractivity contribution in [1.29, 1.82) is 0 Å². The number of aromatic nitrogens is 2. The van der Waals surface area contributed by atoms with Crippen LogP contribution in [0.25, 0.3) is 15.6 Å². The summed E-state index contributed by atoms with van der Waals surface area (Å²) >= 11 is 0. The van der Waals surface area contributed by atoms with Crippen molar-refractivity contribution in [3.8, 4) is 6.01 Å². The molecule has 0 aliphatic carbocycles. The van der Waals surface area contributed by atoms with Gasteiger partial charge in [0.25, 0.3) is 0 Å². The molecule has 10 heteroatoms. The largest absolute Gasteiger partial charge is 0.462 e. The fourth-order valence-corrected chi connectivity index (χ4v) is 6.38. The number of benzene rings is 2. The van der Waals surface area contributed by atoms with Gasteiger partial charge in [-0.3, -0.25) is 9.69 Å². The Morgan fingerprint density at radius 2 is 2.02 bits per heavy atom. The zero-order valence-corrected chi connectivity index (χ0v) is 23.8. The van der Waals surface area contributed by atoms with Crippen LogP contribution in [-0.2, 0) is 22.6 Å².